The number of nitrogens with one attached hydrogen (secondary N) is 2. The fourth-order valence-electron chi connectivity index (χ4n) is 1.56. The number of nitrogens with zero attached hydrogens (tertiary/aromatic N) is 2. The molecule has 0 atom stereocenters. The summed E-state index contributed by atoms with van der Waals surface area (Å²) in [4.78, 5) is 12.1. The highest BCUT2D eigenvalue weighted by Gasteiger charge is 2.14. The van der Waals surface area contributed by atoms with Crippen LogP contribution in [0.5, 0.6) is 5.75 Å². The molecule has 1 aromatic carbocycles. The minimum absolute atomic E-state index is 0.293. The van der Waals surface area contributed by atoms with Gasteiger partial charge in [-0.15, -0.1) is 10.2 Å². The van der Waals surface area contributed by atoms with Crippen molar-refractivity contribution in [2.45, 2.75) is 13.8 Å². The number of anilines is 2. The average molecular weight is 292 g/mol. The molecule has 0 aliphatic rings. The molecule has 2 N–H and O–H groups in total. The van der Waals surface area contributed by atoms with Crippen LogP contribution >= 0.6 is 11.3 Å². The van der Waals surface area contributed by atoms with Gasteiger partial charge in [-0.25, -0.2) is 0 Å². The molecular formula is C13H16N4O2S. The summed E-state index contributed by atoms with van der Waals surface area (Å²) in [7, 11) is 0. The van der Waals surface area contributed by atoms with Gasteiger partial charge in [0.1, 0.15) is 5.75 Å². The van der Waals surface area contributed by atoms with Crippen LogP contribution in [0.15, 0.2) is 24.3 Å². The fourth-order valence-corrected chi connectivity index (χ4v) is 2.27. The van der Waals surface area contributed by atoms with E-state index in [-0.39, 0.29) is 5.91 Å². The minimum atomic E-state index is -0.293. The summed E-state index contributed by atoms with van der Waals surface area (Å²) in [6.45, 7) is 5.13. The monoisotopic (exact) mass is 292 g/mol. The third-order valence-electron chi connectivity index (χ3n) is 2.38. The minimum Gasteiger partial charge on any atom is -0.492 e. The van der Waals surface area contributed by atoms with Crippen molar-refractivity contribution < 1.29 is 9.53 Å². The molecule has 0 unspecified atom stereocenters. The molecule has 0 bridgehead atoms. The summed E-state index contributed by atoms with van der Waals surface area (Å²) in [6.07, 6.45) is 0. The summed E-state index contributed by atoms with van der Waals surface area (Å²) in [5.74, 6) is 0.346. The van der Waals surface area contributed by atoms with E-state index in [0.717, 1.165) is 6.54 Å². The second-order valence-corrected chi connectivity index (χ2v) is 4.80. The van der Waals surface area contributed by atoms with Gasteiger partial charge in [-0.05, 0) is 26.0 Å². The Bertz CT molecular complexity index is 585. The van der Waals surface area contributed by atoms with E-state index in [1.54, 1.807) is 6.07 Å². The Hall–Kier alpha value is -2.15. The van der Waals surface area contributed by atoms with Crippen LogP contribution in [0.4, 0.5) is 10.8 Å². The highest BCUT2D eigenvalue weighted by molar-refractivity contribution is 7.17. The van der Waals surface area contributed by atoms with E-state index in [1.807, 2.05) is 32.0 Å². The Morgan fingerprint density at radius 1 is 1.30 bits per heavy atom. The van der Waals surface area contributed by atoms with Crippen molar-refractivity contribution in [3.05, 3.63) is 29.3 Å². The van der Waals surface area contributed by atoms with E-state index < -0.39 is 0 Å². The zero-order valence-corrected chi connectivity index (χ0v) is 12.2. The number of hydrogen-bond acceptors (Lipinski definition) is 6. The maximum Gasteiger partial charge on any atom is 0.286 e. The Morgan fingerprint density at radius 2 is 2.10 bits per heavy atom. The Kier molecular flexibility index (Phi) is 4.89. The topological polar surface area (TPSA) is 76.1 Å². The van der Waals surface area contributed by atoms with E-state index in [0.29, 0.717) is 28.2 Å². The molecule has 7 heteroatoms. The lowest BCUT2D eigenvalue weighted by Crippen LogP contribution is -2.12. The summed E-state index contributed by atoms with van der Waals surface area (Å²) in [5.41, 5.74) is 0.625. The first kappa shape index (κ1) is 14.3. The van der Waals surface area contributed by atoms with Gasteiger partial charge in [0.15, 0.2) is 0 Å². The molecule has 2 aromatic rings. The highest BCUT2D eigenvalue weighted by Crippen LogP contribution is 2.25. The van der Waals surface area contributed by atoms with E-state index >= 15 is 0 Å². The van der Waals surface area contributed by atoms with Gasteiger partial charge in [0.25, 0.3) is 5.91 Å². The number of hydrogen-bond donors (Lipinski definition) is 2. The van der Waals surface area contributed by atoms with Gasteiger partial charge in [0, 0.05) is 6.54 Å². The van der Waals surface area contributed by atoms with Crippen molar-refractivity contribution in [2.24, 2.45) is 0 Å². The number of rotatable bonds is 6. The largest absolute Gasteiger partial charge is 0.492 e. The molecule has 6 nitrogen and oxygen atoms in total. The molecule has 2 rings (SSSR count). The summed E-state index contributed by atoms with van der Waals surface area (Å²) in [6, 6.07) is 7.29. The van der Waals surface area contributed by atoms with E-state index in [1.165, 1.54) is 11.3 Å². The number of amides is 1. The number of benzene rings is 1. The van der Waals surface area contributed by atoms with E-state index in [9.17, 15) is 4.79 Å². The predicted octanol–water partition coefficient (Wildman–Crippen LogP) is 2.62. The van der Waals surface area contributed by atoms with Crippen LogP contribution in [0.1, 0.15) is 23.6 Å². The normalized spacial score (nSPS) is 10.1. The maximum atomic E-state index is 12.1. The molecule has 0 radical (unpaired) electrons. The van der Waals surface area contributed by atoms with Crippen LogP contribution in [0.2, 0.25) is 0 Å². The maximum absolute atomic E-state index is 12.1. The molecule has 1 heterocycles. The molecule has 20 heavy (non-hydrogen) atoms. The molecule has 0 saturated carbocycles. The summed E-state index contributed by atoms with van der Waals surface area (Å²) >= 11 is 1.22. The van der Waals surface area contributed by atoms with Gasteiger partial charge in [-0.2, -0.15) is 0 Å². The molecule has 0 fully saturated rings. The Morgan fingerprint density at radius 3 is 2.85 bits per heavy atom. The standard InChI is InChI=1S/C13H16N4O2S/c1-3-14-13-17-16-12(20-13)11(18)15-9-7-5-6-8-10(9)19-4-2/h5-8H,3-4H2,1-2H3,(H,14,17)(H,15,18). The first-order valence-corrected chi connectivity index (χ1v) is 7.16. The summed E-state index contributed by atoms with van der Waals surface area (Å²) < 4.78 is 5.46. The third kappa shape index (κ3) is 3.45. The van der Waals surface area contributed by atoms with Crippen molar-refractivity contribution in [3.8, 4) is 5.75 Å². The van der Waals surface area contributed by atoms with Crippen LogP contribution in [0.25, 0.3) is 0 Å². The average Bonchev–Trinajstić information content (AvgIpc) is 2.90. The fraction of sp³-hybridized carbons (Fsp3) is 0.308. The van der Waals surface area contributed by atoms with Gasteiger partial charge < -0.3 is 15.4 Å². The molecule has 1 amide bonds. The second-order valence-electron chi connectivity index (χ2n) is 3.83. The predicted molar refractivity (Wildman–Crippen MR) is 79.6 cm³/mol. The number of para-hydroxylation sites is 2. The van der Waals surface area contributed by atoms with Crippen molar-refractivity contribution in [2.75, 3.05) is 23.8 Å². The zero-order valence-electron chi connectivity index (χ0n) is 11.3. The van der Waals surface area contributed by atoms with E-state index in [4.69, 9.17) is 4.74 Å². The molecule has 0 aliphatic carbocycles. The van der Waals surface area contributed by atoms with Gasteiger partial charge in [-0.3, -0.25) is 4.79 Å². The second kappa shape index (κ2) is 6.85. The lowest BCUT2D eigenvalue weighted by Gasteiger charge is -2.09. The van der Waals surface area contributed by atoms with Crippen molar-refractivity contribution >= 4 is 28.1 Å². The smallest absolute Gasteiger partial charge is 0.286 e. The molecule has 0 spiro atoms. The Balaban J connectivity index is 2.10. The van der Waals surface area contributed by atoms with Gasteiger partial charge in [-0.1, -0.05) is 23.5 Å². The van der Waals surface area contributed by atoms with Gasteiger partial charge in [0.05, 0.1) is 12.3 Å². The van der Waals surface area contributed by atoms with Crippen LogP contribution in [0, 0.1) is 0 Å². The van der Waals surface area contributed by atoms with Crippen molar-refractivity contribution in [1.82, 2.24) is 10.2 Å². The first-order valence-electron chi connectivity index (χ1n) is 6.35. The highest BCUT2D eigenvalue weighted by atomic mass is 32.1. The lowest BCUT2D eigenvalue weighted by atomic mass is 10.3. The van der Waals surface area contributed by atoms with Crippen LogP contribution in [-0.4, -0.2) is 29.3 Å². The van der Waals surface area contributed by atoms with Gasteiger partial charge >= 0.3 is 0 Å². The summed E-state index contributed by atoms with van der Waals surface area (Å²) in [5, 5.41) is 14.5. The number of carbonyl (C=O) groups is 1. The quantitative estimate of drug-likeness (QED) is 0.856. The van der Waals surface area contributed by atoms with Crippen molar-refractivity contribution in [1.29, 1.82) is 0 Å². The molecule has 106 valence electrons. The third-order valence-corrected chi connectivity index (χ3v) is 3.26. The SMILES string of the molecule is CCNc1nnc(C(=O)Nc2ccccc2OCC)s1. The molecule has 0 aliphatic heterocycles. The van der Waals surface area contributed by atoms with Crippen molar-refractivity contribution in [3.63, 3.8) is 0 Å². The van der Waals surface area contributed by atoms with Crippen LogP contribution in [0.3, 0.4) is 0 Å². The van der Waals surface area contributed by atoms with E-state index in [2.05, 4.69) is 20.8 Å². The number of carbonyl (C=O) groups excluding carboxylic acids is 1. The molecular weight excluding hydrogens is 276 g/mol. The van der Waals surface area contributed by atoms with Crippen LogP contribution in [-0.2, 0) is 0 Å². The number of ether oxygens (including phenoxy) is 1. The number of aromatic nitrogens is 2. The molecule has 0 saturated heterocycles. The Labute approximate surface area is 121 Å². The lowest BCUT2D eigenvalue weighted by molar-refractivity contribution is 0.102. The molecule has 1 aromatic heterocycles. The van der Waals surface area contributed by atoms with Gasteiger partial charge in [0.2, 0.25) is 10.1 Å². The first-order chi connectivity index (χ1) is 9.74. The zero-order chi connectivity index (χ0) is 14.4. The van der Waals surface area contributed by atoms with Crippen LogP contribution < -0.4 is 15.4 Å².